The van der Waals surface area contributed by atoms with Crippen LogP contribution in [0.1, 0.15) is 12.0 Å². The molecule has 0 fully saturated rings. The number of fused-ring (bicyclic) bond motifs is 1. The van der Waals surface area contributed by atoms with Crippen LogP contribution in [0.15, 0.2) is 0 Å². The first kappa shape index (κ1) is 6.85. The normalized spacial score (nSPS) is 15.4. The van der Waals surface area contributed by atoms with Gasteiger partial charge in [-0.15, -0.1) is 0 Å². The van der Waals surface area contributed by atoms with Gasteiger partial charge in [-0.2, -0.15) is 4.98 Å². The Kier molecular flexibility index (Phi) is 1.66. The van der Waals surface area contributed by atoms with Gasteiger partial charge in [-0.25, -0.2) is 4.98 Å². The van der Waals surface area contributed by atoms with E-state index in [1.165, 1.54) is 0 Å². The Bertz CT molecular complexity index is 277. The minimum atomic E-state index is 0.467. The van der Waals surface area contributed by atoms with Crippen molar-refractivity contribution in [2.24, 2.45) is 0 Å². The quantitative estimate of drug-likeness (QED) is 0.549. The van der Waals surface area contributed by atoms with Crippen LogP contribution in [0.2, 0.25) is 5.15 Å². The molecular weight excluding hydrogens is 164 g/mol. The summed E-state index contributed by atoms with van der Waals surface area (Å²) in [5, 5.41) is 0.467. The Balaban J connectivity index is 2.49. The first-order chi connectivity index (χ1) is 5.38. The maximum Gasteiger partial charge on any atom is 0.221 e. The second kappa shape index (κ2) is 2.66. The van der Waals surface area contributed by atoms with Gasteiger partial charge in [0.2, 0.25) is 12.2 Å². The van der Waals surface area contributed by atoms with Gasteiger partial charge in [0.05, 0.1) is 12.2 Å². The maximum atomic E-state index is 5.78. The Morgan fingerprint density at radius 3 is 3.18 bits per heavy atom. The number of hydrogen-bond donors (Lipinski definition) is 0. The van der Waals surface area contributed by atoms with Crippen LogP contribution < -0.4 is 4.74 Å². The predicted octanol–water partition coefficient (Wildman–Crippen LogP) is 1.26. The number of halogens is 1. The second-order valence-electron chi connectivity index (χ2n) is 2.35. The van der Waals surface area contributed by atoms with E-state index in [4.69, 9.17) is 16.3 Å². The van der Waals surface area contributed by atoms with E-state index >= 15 is 0 Å². The van der Waals surface area contributed by atoms with Gasteiger partial charge in [0.25, 0.3) is 0 Å². The maximum absolute atomic E-state index is 5.78. The van der Waals surface area contributed by atoms with Crippen molar-refractivity contribution < 1.29 is 4.74 Å². The highest BCUT2D eigenvalue weighted by molar-refractivity contribution is 6.30. The van der Waals surface area contributed by atoms with Gasteiger partial charge >= 0.3 is 0 Å². The zero-order chi connectivity index (χ0) is 7.68. The lowest BCUT2D eigenvalue weighted by atomic mass is 10.1. The molecule has 1 aliphatic rings. The van der Waals surface area contributed by atoms with Crippen LogP contribution in [-0.2, 0) is 6.42 Å². The van der Waals surface area contributed by atoms with Gasteiger partial charge < -0.3 is 4.74 Å². The fourth-order valence-electron chi connectivity index (χ4n) is 1.08. The van der Waals surface area contributed by atoms with E-state index in [0.717, 1.165) is 18.4 Å². The predicted molar refractivity (Wildman–Crippen MR) is 39.7 cm³/mol. The third-order valence-electron chi connectivity index (χ3n) is 1.62. The molecule has 0 saturated heterocycles. The van der Waals surface area contributed by atoms with Gasteiger partial charge in [0.1, 0.15) is 5.15 Å². The third kappa shape index (κ3) is 1.16. The van der Waals surface area contributed by atoms with Crippen molar-refractivity contribution in [3.05, 3.63) is 17.0 Å². The van der Waals surface area contributed by atoms with Crippen LogP contribution in [0.4, 0.5) is 0 Å². The molecule has 0 N–H and O–H groups in total. The molecule has 0 aliphatic carbocycles. The molecule has 0 spiro atoms. The lowest BCUT2D eigenvalue weighted by Crippen LogP contribution is -2.10. The van der Waals surface area contributed by atoms with Crippen LogP contribution in [0.25, 0.3) is 0 Å². The molecule has 1 aromatic rings. The van der Waals surface area contributed by atoms with Gasteiger partial charge in [0.15, 0.2) is 0 Å². The van der Waals surface area contributed by atoms with Crippen molar-refractivity contribution >= 4 is 11.6 Å². The van der Waals surface area contributed by atoms with Crippen molar-refractivity contribution in [3.8, 4) is 5.88 Å². The zero-order valence-corrected chi connectivity index (χ0v) is 6.56. The highest BCUT2D eigenvalue weighted by Crippen LogP contribution is 2.26. The summed E-state index contributed by atoms with van der Waals surface area (Å²) in [6, 6.07) is 0. The standard InChI is InChI=1S/C7H6ClN2O/c8-6-5-2-1-3-11-7(5)10-4-9-6/h1-3H2. The fourth-order valence-corrected chi connectivity index (χ4v) is 1.30. The molecule has 3 nitrogen and oxygen atoms in total. The van der Waals surface area contributed by atoms with Gasteiger partial charge in [-0.1, -0.05) is 11.6 Å². The monoisotopic (exact) mass is 169 g/mol. The topological polar surface area (TPSA) is 35.0 Å². The van der Waals surface area contributed by atoms with Crippen LogP contribution >= 0.6 is 11.6 Å². The van der Waals surface area contributed by atoms with Gasteiger partial charge in [-0.05, 0) is 12.8 Å². The summed E-state index contributed by atoms with van der Waals surface area (Å²) >= 11 is 5.78. The van der Waals surface area contributed by atoms with Crippen molar-refractivity contribution in [2.75, 3.05) is 6.61 Å². The van der Waals surface area contributed by atoms with Crippen LogP contribution in [0.3, 0.4) is 0 Å². The SMILES string of the molecule is Clc1n[c]nc2c1CCCO2. The van der Waals surface area contributed by atoms with E-state index < -0.39 is 0 Å². The molecular formula is C7H6ClN2O. The Labute approximate surface area is 69.4 Å². The summed E-state index contributed by atoms with van der Waals surface area (Å²) < 4.78 is 5.24. The zero-order valence-electron chi connectivity index (χ0n) is 5.80. The third-order valence-corrected chi connectivity index (χ3v) is 1.93. The summed E-state index contributed by atoms with van der Waals surface area (Å²) in [6.07, 6.45) is 4.32. The molecule has 4 heteroatoms. The highest BCUT2D eigenvalue weighted by atomic mass is 35.5. The number of nitrogens with zero attached hydrogens (tertiary/aromatic N) is 2. The van der Waals surface area contributed by atoms with Gasteiger partial charge in [-0.3, -0.25) is 0 Å². The fraction of sp³-hybridized carbons (Fsp3) is 0.429. The summed E-state index contributed by atoms with van der Waals surface area (Å²) in [4.78, 5) is 7.58. The van der Waals surface area contributed by atoms with E-state index in [-0.39, 0.29) is 0 Å². The molecule has 0 amide bonds. The number of rotatable bonds is 0. The minimum Gasteiger partial charge on any atom is -0.477 e. The van der Waals surface area contributed by atoms with Crippen molar-refractivity contribution in [1.82, 2.24) is 9.97 Å². The van der Waals surface area contributed by atoms with Gasteiger partial charge in [0, 0.05) is 0 Å². The van der Waals surface area contributed by atoms with E-state index in [2.05, 4.69) is 16.3 Å². The highest BCUT2D eigenvalue weighted by Gasteiger charge is 2.14. The largest absolute Gasteiger partial charge is 0.477 e. The second-order valence-corrected chi connectivity index (χ2v) is 2.71. The van der Waals surface area contributed by atoms with Crippen LogP contribution in [0, 0.1) is 6.33 Å². The van der Waals surface area contributed by atoms with Crippen molar-refractivity contribution in [2.45, 2.75) is 12.8 Å². The number of hydrogen-bond acceptors (Lipinski definition) is 3. The molecule has 0 aromatic carbocycles. The molecule has 2 rings (SSSR count). The van der Waals surface area contributed by atoms with Crippen LogP contribution in [0.5, 0.6) is 5.88 Å². The average molecular weight is 170 g/mol. The summed E-state index contributed by atoms with van der Waals surface area (Å²) in [7, 11) is 0. The summed E-state index contributed by atoms with van der Waals surface area (Å²) in [5.74, 6) is 0.594. The number of ether oxygens (including phenoxy) is 1. The molecule has 0 bridgehead atoms. The first-order valence-electron chi connectivity index (χ1n) is 3.43. The molecule has 0 unspecified atom stereocenters. The Hall–Kier alpha value is -0.830. The van der Waals surface area contributed by atoms with E-state index in [9.17, 15) is 0 Å². The van der Waals surface area contributed by atoms with Crippen LogP contribution in [-0.4, -0.2) is 16.6 Å². The van der Waals surface area contributed by atoms with E-state index in [0.29, 0.717) is 17.6 Å². The molecule has 0 saturated carbocycles. The molecule has 57 valence electrons. The molecule has 1 radical (unpaired) electrons. The molecule has 1 aliphatic heterocycles. The molecule has 0 atom stereocenters. The lowest BCUT2D eigenvalue weighted by molar-refractivity contribution is 0.275. The lowest BCUT2D eigenvalue weighted by Gasteiger charge is -2.14. The molecule has 1 aromatic heterocycles. The smallest absolute Gasteiger partial charge is 0.221 e. The molecule has 11 heavy (non-hydrogen) atoms. The number of aromatic nitrogens is 2. The Morgan fingerprint density at radius 2 is 2.36 bits per heavy atom. The first-order valence-corrected chi connectivity index (χ1v) is 3.81. The van der Waals surface area contributed by atoms with E-state index in [1.807, 2.05) is 0 Å². The summed E-state index contributed by atoms with van der Waals surface area (Å²) in [6.45, 7) is 0.716. The van der Waals surface area contributed by atoms with E-state index in [1.54, 1.807) is 0 Å². The molecule has 2 heterocycles. The Morgan fingerprint density at radius 1 is 1.45 bits per heavy atom. The average Bonchev–Trinajstić information content (AvgIpc) is 2.06. The minimum absolute atomic E-state index is 0.467. The van der Waals surface area contributed by atoms with Crippen molar-refractivity contribution in [3.63, 3.8) is 0 Å². The summed E-state index contributed by atoms with van der Waals surface area (Å²) in [5.41, 5.74) is 0.914. The van der Waals surface area contributed by atoms with Crippen molar-refractivity contribution in [1.29, 1.82) is 0 Å².